The lowest BCUT2D eigenvalue weighted by Gasteiger charge is -2.14. The van der Waals surface area contributed by atoms with E-state index in [0.717, 1.165) is 5.56 Å². The topological polar surface area (TPSA) is 61.8 Å². The van der Waals surface area contributed by atoms with Gasteiger partial charge in [0, 0.05) is 12.1 Å². The Kier molecular flexibility index (Phi) is 6.50. The zero-order valence-electron chi connectivity index (χ0n) is 19.8. The maximum Gasteiger partial charge on any atom is 0.337 e. The molecule has 2 aromatic carbocycles. The van der Waals surface area contributed by atoms with Crippen LogP contribution in [0.5, 0.6) is 0 Å². The highest BCUT2D eigenvalue weighted by atomic mass is 19.1. The molecule has 4 aromatic rings. The second-order valence-corrected chi connectivity index (χ2v) is 9.25. The molecule has 0 radical (unpaired) electrons. The van der Waals surface area contributed by atoms with Crippen molar-refractivity contribution in [1.82, 2.24) is 18.7 Å². The Morgan fingerprint density at radius 1 is 0.941 bits per heavy atom. The molecule has 0 aliphatic heterocycles. The maximum atomic E-state index is 14.3. The van der Waals surface area contributed by atoms with Gasteiger partial charge in [0.2, 0.25) is 0 Å². The van der Waals surface area contributed by atoms with Gasteiger partial charge >= 0.3 is 5.69 Å². The fourth-order valence-corrected chi connectivity index (χ4v) is 3.98. The minimum absolute atomic E-state index is 0.124. The Bertz CT molecular complexity index is 1430. The third-order valence-corrected chi connectivity index (χ3v) is 6.04. The zero-order valence-corrected chi connectivity index (χ0v) is 19.8. The quantitative estimate of drug-likeness (QED) is 0.391. The average molecular weight is 467 g/mol. The lowest BCUT2D eigenvalue weighted by atomic mass is 10.0. The van der Waals surface area contributed by atoms with Crippen molar-refractivity contribution in [3.8, 4) is 5.69 Å². The standard InChI is InChI=1S/C26H28F2N4O2/c1-16(2)12-13-31-25(33)23-24(29-15-30(23)14-20-21(27)6-5-7-22(20)28)32(26(31)34)19-10-8-18(9-11-19)17(3)4/h5-11,15-17H,12-14H2,1-4H3. The van der Waals surface area contributed by atoms with Gasteiger partial charge in [0.05, 0.1) is 18.6 Å². The number of imidazole rings is 1. The van der Waals surface area contributed by atoms with Crippen molar-refractivity contribution in [2.75, 3.05) is 0 Å². The molecule has 34 heavy (non-hydrogen) atoms. The van der Waals surface area contributed by atoms with Gasteiger partial charge in [0.15, 0.2) is 11.2 Å². The first-order chi connectivity index (χ1) is 16.2. The predicted octanol–water partition coefficient (Wildman–Crippen LogP) is 4.84. The van der Waals surface area contributed by atoms with Crippen molar-refractivity contribution in [3.05, 3.63) is 92.4 Å². The molecule has 0 atom stereocenters. The number of aromatic nitrogens is 4. The van der Waals surface area contributed by atoms with Gasteiger partial charge in [-0.1, -0.05) is 45.9 Å². The summed E-state index contributed by atoms with van der Waals surface area (Å²) in [4.78, 5) is 31.2. The summed E-state index contributed by atoms with van der Waals surface area (Å²) >= 11 is 0. The predicted molar refractivity (Wildman–Crippen MR) is 129 cm³/mol. The molecule has 0 saturated heterocycles. The second kappa shape index (κ2) is 9.37. The van der Waals surface area contributed by atoms with E-state index in [9.17, 15) is 18.4 Å². The molecule has 8 heteroatoms. The molecule has 0 fully saturated rings. The normalized spacial score (nSPS) is 11.8. The Balaban J connectivity index is 1.96. The number of hydrogen-bond donors (Lipinski definition) is 0. The zero-order chi connectivity index (χ0) is 24.6. The van der Waals surface area contributed by atoms with Gasteiger partial charge in [0.25, 0.3) is 5.56 Å². The van der Waals surface area contributed by atoms with E-state index in [4.69, 9.17) is 0 Å². The summed E-state index contributed by atoms with van der Waals surface area (Å²) in [7, 11) is 0. The Hall–Kier alpha value is -3.55. The van der Waals surface area contributed by atoms with Crippen LogP contribution in [0.2, 0.25) is 0 Å². The Morgan fingerprint density at radius 3 is 2.18 bits per heavy atom. The molecule has 0 saturated carbocycles. The minimum atomic E-state index is -0.709. The van der Waals surface area contributed by atoms with Crippen LogP contribution in [-0.4, -0.2) is 18.7 Å². The molecule has 0 amide bonds. The van der Waals surface area contributed by atoms with Gasteiger partial charge in [-0.25, -0.2) is 23.1 Å². The SMILES string of the molecule is CC(C)CCn1c(=O)c2c(ncn2Cc2c(F)cccc2F)n(-c2ccc(C(C)C)cc2)c1=O. The van der Waals surface area contributed by atoms with Crippen LogP contribution in [0.25, 0.3) is 16.9 Å². The lowest BCUT2D eigenvalue weighted by Crippen LogP contribution is -2.40. The molecule has 0 aliphatic rings. The first-order valence-corrected chi connectivity index (χ1v) is 11.4. The summed E-state index contributed by atoms with van der Waals surface area (Å²) < 4.78 is 32.7. The number of halogens is 2. The van der Waals surface area contributed by atoms with Crippen LogP contribution in [0.1, 0.15) is 51.2 Å². The van der Waals surface area contributed by atoms with Crippen molar-refractivity contribution in [2.45, 2.75) is 53.1 Å². The van der Waals surface area contributed by atoms with Gasteiger partial charge in [-0.15, -0.1) is 0 Å². The van der Waals surface area contributed by atoms with Gasteiger partial charge in [-0.05, 0) is 48.1 Å². The molecule has 4 rings (SSSR count). The number of fused-ring (bicyclic) bond motifs is 1. The summed E-state index contributed by atoms with van der Waals surface area (Å²) in [6.07, 6.45) is 1.98. The fraction of sp³-hybridized carbons (Fsp3) is 0.346. The second-order valence-electron chi connectivity index (χ2n) is 9.25. The van der Waals surface area contributed by atoms with Crippen LogP contribution < -0.4 is 11.2 Å². The highest BCUT2D eigenvalue weighted by molar-refractivity contribution is 5.72. The highest BCUT2D eigenvalue weighted by Crippen LogP contribution is 2.20. The van der Waals surface area contributed by atoms with E-state index in [1.165, 1.54) is 38.2 Å². The van der Waals surface area contributed by atoms with Crippen LogP contribution in [0, 0.1) is 17.6 Å². The van der Waals surface area contributed by atoms with Crippen LogP contribution in [0.4, 0.5) is 8.78 Å². The fourth-order valence-electron chi connectivity index (χ4n) is 3.98. The third kappa shape index (κ3) is 4.32. The van der Waals surface area contributed by atoms with Crippen molar-refractivity contribution in [3.63, 3.8) is 0 Å². The van der Waals surface area contributed by atoms with E-state index in [1.54, 1.807) is 0 Å². The molecule has 2 heterocycles. The molecule has 178 valence electrons. The monoisotopic (exact) mass is 466 g/mol. The van der Waals surface area contributed by atoms with Crippen LogP contribution in [-0.2, 0) is 13.1 Å². The summed E-state index contributed by atoms with van der Waals surface area (Å²) in [5, 5.41) is 0. The van der Waals surface area contributed by atoms with Crippen molar-refractivity contribution in [1.29, 1.82) is 0 Å². The van der Waals surface area contributed by atoms with Gasteiger partial charge < -0.3 is 4.57 Å². The van der Waals surface area contributed by atoms with Crippen molar-refractivity contribution < 1.29 is 8.78 Å². The van der Waals surface area contributed by atoms with E-state index < -0.39 is 22.9 Å². The van der Waals surface area contributed by atoms with E-state index in [1.807, 2.05) is 38.1 Å². The lowest BCUT2D eigenvalue weighted by molar-refractivity contribution is 0.491. The van der Waals surface area contributed by atoms with Crippen LogP contribution >= 0.6 is 0 Å². The highest BCUT2D eigenvalue weighted by Gasteiger charge is 2.21. The summed E-state index contributed by atoms with van der Waals surface area (Å²) in [5.74, 6) is -0.821. The average Bonchev–Trinajstić information content (AvgIpc) is 3.20. The van der Waals surface area contributed by atoms with Crippen LogP contribution in [0.3, 0.4) is 0 Å². The molecule has 6 nitrogen and oxygen atoms in total. The van der Waals surface area contributed by atoms with E-state index >= 15 is 0 Å². The Morgan fingerprint density at radius 2 is 1.59 bits per heavy atom. The largest absolute Gasteiger partial charge is 0.337 e. The third-order valence-electron chi connectivity index (χ3n) is 6.04. The van der Waals surface area contributed by atoms with Crippen molar-refractivity contribution >= 4 is 11.2 Å². The molecule has 0 aliphatic carbocycles. The van der Waals surface area contributed by atoms with E-state index in [-0.39, 0.29) is 35.7 Å². The van der Waals surface area contributed by atoms with Crippen molar-refractivity contribution in [2.24, 2.45) is 5.92 Å². The van der Waals surface area contributed by atoms with Crippen LogP contribution in [0.15, 0.2) is 58.4 Å². The maximum absolute atomic E-state index is 14.3. The summed E-state index contributed by atoms with van der Waals surface area (Å²) in [6.45, 7) is 8.19. The van der Waals surface area contributed by atoms with Gasteiger partial charge in [-0.3, -0.25) is 9.36 Å². The summed E-state index contributed by atoms with van der Waals surface area (Å²) in [5.41, 5.74) is 0.780. The summed E-state index contributed by atoms with van der Waals surface area (Å²) in [6, 6.07) is 11.2. The molecule has 0 unspecified atom stereocenters. The Labute approximate surface area is 196 Å². The number of hydrogen-bond acceptors (Lipinski definition) is 3. The van der Waals surface area contributed by atoms with E-state index in [2.05, 4.69) is 18.8 Å². The smallest absolute Gasteiger partial charge is 0.320 e. The first kappa shape index (κ1) is 23.6. The molecule has 0 N–H and O–H groups in total. The number of benzene rings is 2. The van der Waals surface area contributed by atoms with Gasteiger partial charge in [0.1, 0.15) is 11.6 Å². The number of rotatable bonds is 7. The molecule has 0 spiro atoms. The minimum Gasteiger partial charge on any atom is -0.320 e. The first-order valence-electron chi connectivity index (χ1n) is 11.4. The molecular weight excluding hydrogens is 438 g/mol. The molecular formula is C26H28F2N4O2. The number of nitrogens with zero attached hydrogens (tertiary/aromatic N) is 4. The molecule has 2 aromatic heterocycles. The molecule has 0 bridgehead atoms. The van der Waals surface area contributed by atoms with Gasteiger partial charge in [-0.2, -0.15) is 0 Å². The van der Waals surface area contributed by atoms with E-state index in [0.29, 0.717) is 18.0 Å².